The Kier molecular flexibility index (Phi) is 4.18. The van der Waals surface area contributed by atoms with Crippen LogP contribution in [0.2, 0.25) is 0 Å². The minimum Gasteiger partial charge on any atom is -0.403 e. The molecule has 0 fully saturated rings. The molecular weight excluding hydrogens is 257 g/mol. The lowest BCUT2D eigenvalue weighted by Gasteiger charge is -2.15. The van der Waals surface area contributed by atoms with Gasteiger partial charge in [-0.3, -0.25) is 4.98 Å². The van der Waals surface area contributed by atoms with E-state index in [-0.39, 0.29) is 23.6 Å². The Morgan fingerprint density at radius 3 is 2.65 bits per heavy atom. The van der Waals surface area contributed by atoms with Crippen molar-refractivity contribution in [2.45, 2.75) is 25.6 Å². The molecule has 0 aromatic carbocycles. The Morgan fingerprint density at radius 2 is 2.18 bits per heavy atom. The van der Waals surface area contributed by atoms with E-state index in [1.165, 1.54) is 13.1 Å². The fourth-order valence-corrected chi connectivity index (χ4v) is 1.47. The van der Waals surface area contributed by atoms with Crippen LogP contribution < -0.4 is 4.74 Å². The quantitative estimate of drug-likeness (QED) is 0.788. The van der Waals surface area contributed by atoms with E-state index in [2.05, 4.69) is 9.72 Å². The predicted molar refractivity (Wildman–Crippen MR) is 54.5 cm³/mol. The largest absolute Gasteiger partial charge is 0.573 e. The van der Waals surface area contributed by atoms with Crippen molar-refractivity contribution in [3.8, 4) is 11.8 Å². The number of hydrogen-bond acceptors (Lipinski definition) is 3. The van der Waals surface area contributed by atoms with Crippen molar-refractivity contribution < 1.29 is 17.9 Å². The van der Waals surface area contributed by atoms with Crippen LogP contribution in [0, 0.1) is 18.3 Å². The molecular formula is C10H8ClF3N2O. The Hall–Kier alpha value is -1.48. The summed E-state index contributed by atoms with van der Waals surface area (Å²) in [4.78, 5) is 3.75. The highest BCUT2D eigenvalue weighted by atomic mass is 35.5. The third-order valence-corrected chi connectivity index (χ3v) is 2.33. The number of nitrogens with zero attached hydrogens (tertiary/aromatic N) is 2. The van der Waals surface area contributed by atoms with E-state index in [4.69, 9.17) is 16.9 Å². The Labute approximate surface area is 101 Å². The fraction of sp³-hybridized carbons (Fsp3) is 0.400. The van der Waals surface area contributed by atoms with Gasteiger partial charge in [-0.1, -0.05) is 0 Å². The SMILES string of the molecule is Cc1c(CC#N)cnc(CCl)c1OC(F)(F)F. The summed E-state index contributed by atoms with van der Waals surface area (Å²) in [5.41, 5.74) is 0.623. The molecule has 0 aliphatic rings. The van der Waals surface area contributed by atoms with E-state index in [1.807, 2.05) is 6.07 Å². The van der Waals surface area contributed by atoms with E-state index in [9.17, 15) is 13.2 Å². The number of rotatable bonds is 3. The monoisotopic (exact) mass is 264 g/mol. The van der Waals surface area contributed by atoms with Crippen molar-refractivity contribution in [2.24, 2.45) is 0 Å². The van der Waals surface area contributed by atoms with E-state index in [0.29, 0.717) is 5.56 Å². The highest BCUT2D eigenvalue weighted by Crippen LogP contribution is 2.31. The van der Waals surface area contributed by atoms with Crippen molar-refractivity contribution in [3.05, 3.63) is 23.0 Å². The molecule has 1 heterocycles. The fourth-order valence-electron chi connectivity index (χ4n) is 1.28. The molecule has 0 saturated heterocycles. The zero-order chi connectivity index (χ0) is 13.1. The molecule has 0 amide bonds. The van der Waals surface area contributed by atoms with Gasteiger partial charge in [0.05, 0.1) is 24.1 Å². The van der Waals surface area contributed by atoms with Crippen molar-refractivity contribution in [2.75, 3.05) is 0 Å². The van der Waals surface area contributed by atoms with E-state index >= 15 is 0 Å². The molecule has 0 spiro atoms. The van der Waals surface area contributed by atoms with Crippen LogP contribution in [0.15, 0.2) is 6.20 Å². The summed E-state index contributed by atoms with van der Waals surface area (Å²) in [5.74, 6) is -0.612. The lowest BCUT2D eigenvalue weighted by atomic mass is 10.1. The highest BCUT2D eigenvalue weighted by molar-refractivity contribution is 6.17. The van der Waals surface area contributed by atoms with Crippen LogP contribution in [-0.4, -0.2) is 11.3 Å². The number of alkyl halides is 4. The van der Waals surface area contributed by atoms with Gasteiger partial charge in [0, 0.05) is 6.20 Å². The van der Waals surface area contributed by atoms with Gasteiger partial charge in [0.2, 0.25) is 0 Å². The molecule has 0 radical (unpaired) electrons. The van der Waals surface area contributed by atoms with Gasteiger partial charge in [0.25, 0.3) is 0 Å². The third kappa shape index (κ3) is 3.49. The van der Waals surface area contributed by atoms with Crippen LogP contribution in [0.5, 0.6) is 5.75 Å². The molecule has 92 valence electrons. The van der Waals surface area contributed by atoms with Crippen molar-refractivity contribution in [1.29, 1.82) is 5.26 Å². The Balaban J connectivity index is 3.23. The molecule has 0 saturated carbocycles. The molecule has 0 bridgehead atoms. The van der Waals surface area contributed by atoms with Gasteiger partial charge in [-0.15, -0.1) is 24.8 Å². The van der Waals surface area contributed by atoms with Crippen LogP contribution in [0.25, 0.3) is 0 Å². The zero-order valence-electron chi connectivity index (χ0n) is 8.81. The second-order valence-electron chi connectivity index (χ2n) is 3.20. The zero-order valence-corrected chi connectivity index (χ0v) is 9.56. The average Bonchev–Trinajstić information content (AvgIpc) is 2.23. The summed E-state index contributed by atoms with van der Waals surface area (Å²) >= 11 is 5.49. The summed E-state index contributed by atoms with van der Waals surface area (Å²) in [7, 11) is 0. The highest BCUT2D eigenvalue weighted by Gasteiger charge is 2.33. The molecule has 17 heavy (non-hydrogen) atoms. The topological polar surface area (TPSA) is 45.9 Å². The number of ether oxygens (including phenoxy) is 1. The lowest BCUT2D eigenvalue weighted by molar-refractivity contribution is -0.275. The van der Waals surface area contributed by atoms with E-state index in [0.717, 1.165) is 0 Å². The van der Waals surface area contributed by atoms with Crippen LogP contribution in [0.4, 0.5) is 13.2 Å². The predicted octanol–water partition coefficient (Wildman–Crippen LogP) is 3.09. The minimum atomic E-state index is -4.81. The van der Waals surface area contributed by atoms with Crippen LogP contribution >= 0.6 is 11.6 Å². The summed E-state index contributed by atoms with van der Waals surface area (Å²) in [6, 6.07) is 1.84. The first-order valence-electron chi connectivity index (χ1n) is 4.55. The number of nitriles is 1. The molecule has 1 rings (SSSR count). The van der Waals surface area contributed by atoms with Crippen LogP contribution in [0.1, 0.15) is 16.8 Å². The molecule has 0 aliphatic carbocycles. The second-order valence-corrected chi connectivity index (χ2v) is 3.47. The normalized spacial score (nSPS) is 11.1. The molecule has 0 aliphatic heterocycles. The van der Waals surface area contributed by atoms with Gasteiger partial charge in [0.1, 0.15) is 0 Å². The van der Waals surface area contributed by atoms with Gasteiger partial charge in [-0.05, 0) is 18.1 Å². The third-order valence-electron chi connectivity index (χ3n) is 2.07. The number of hydrogen-bond donors (Lipinski definition) is 0. The maximum Gasteiger partial charge on any atom is 0.573 e. The average molecular weight is 265 g/mol. The van der Waals surface area contributed by atoms with Gasteiger partial charge in [-0.25, -0.2) is 0 Å². The smallest absolute Gasteiger partial charge is 0.403 e. The number of pyridine rings is 1. The van der Waals surface area contributed by atoms with Crippen molar-refractivity contribution in [3.63, 3.8) is 0 Å². The lowest BCUT2D eigenvalue weighted by Crippen LogP contribution is -2.19. The molecule has 0 atom stereocenters. The first-order valence-corrected chi connectivity index (χ1v) is 5.08. The summed E-state index contributed by atoms with van der Waals surface area (Å²) < 4.78 is 40.5. The Bertz CT molecular complexity index is 454. The van der Waals surface area contributed by atoms with Gasteiger partial charge in [0.15, 0.2) is 5.75 Å². The maximum absolute atomic E-state index is 12.2. The van der Waals surface area contributed by atoms with Gasteiger partial charge < -0.3 is 4.74 Å². The molecule has 1 aromatic heterocycles. The standard InChI is InChI=1S/C10H8ClF3N2O/c1-6-7(2-3-15)5-16-8(4-11)9(6)17-10(12,13)14/h5H,2,4H2,1H3. The molecule has 0 unspecified atom stereocenters. The van der Waals surface area contributed by atoms with Crippen LogP contribution in [0.3, 0.4) is 0 Å². The molecule has 3 nitrogen and oxygen atoms in total. The molecule has 0 N–H and O–H groups in total. The van der Waals surface area contributed by atoms with Crippen LogP contribution in [-0.2, 0) is 12.3 Å². The molecule has 7 heteroatoms. The summed E-state index contributed by atoms with van der Waals surface area (Å²) in [6.07, 6.45) is -3.51. The van der Waals surface area contributed by atoms with Crippen molar-refractivity contribution in [1.82, 2.24) is 4.98 Å². The number of aromatic nitrogens is 1. The van der Waals surface area contributed by atoms with Gasteiger partial charge in [-0.2, -0.15) is 5.26 Å². The van der Waals surface area contributed by atoms with E-state index < -0.39 is 12.1 Å². The Morgan fingerprint density at radius 1 is 1.53 bits per heavy atom. The maximum atomic E-state index is 12.2. The van der Waals surface area contributed by atoms with E-state index in [1.54, 1.807) is 0 Å². The second kappa shape index (κ2) is 5.23. The molecule has 1 aromatic rings. The first-order chi connectivity index (χ1) is 7.89. The summed E-state index contributed by atoms with van der Waals surface area (Å²) in [5, 5.41) is 8.53. The summed E-state index contributed by atoms with van der Waals surface area (Å²) in [6.45, 7) is 1.44. The van der Waals surface area contributed by atoms with Crippen molar-refractivity contribution >= 4 is 11.6 Å². The van der Waals surface area contributed by atoms with Gasteiger partial charge >= 0.3 is 6.36 Å². The minimum absolute atomic E-state index is 0.00295. The number of halogens is 4. The first kappa shape index (κ1) is 13.6.